The zero-order valence-electron chi connectivity index (χ0n) is 13.0. The highest BCUT2D eigenvalue weighted by atomic mass is 35.5. The van der Waals surface area contributed by atoms with Crippen molar-refractivity contribution in [3.63, 3.8) is 0 Å². The Morgan fingerprint density at radius 3 is 2.46 bits per heavy atom. The minimum atomic E-state index is -0.658. The average Bonchev–Trinajstić information content (AvgIpc) is 2.56. The lowest BCUT2D eigenvalue weighted by molar-refractivity contribution is -0.114. The number of carbonyl (C=O) groups excluding carboxylic acids is 1. The summed E-state index contributed by atoms with van der Waals surface area (Å²) in [7, 11) is 2.88. The lowest BCUT2D eigenvalue weighted by atomic mass is 10.2. The van der Waals surface area contributed by atoms with Gasteiger partial charge < -0.3 is 20.1 Å². The van der Waals surface area contributed by atoms with Crippen molar-refractivity contribution in [2.75, 3.05) is 31.4 Å². The van der Waals surface area contributed by atoms with Crippen LogP contribution in [0, 0.1) is 11.6 Å². The zero-order chi connectivity index (χ0) is 17.7. The molecule has 0 aliphatic rings. The van der Waals surface area contributed by atoms with Crippen molar-refractivity contribution in [3.8, 4) is 11.5 Å². The maximum Gasteiger partial charge on any atom is 0.243 e. The second-order valence-electron chi connectivity index (χ2n) is 4.71. The summed E-state index contributed by atoms with van der Waals surface area (Å²) in [6, 6.07) is 5.93. The van der Waals surface area contributed by atoms with Gasteiger partial charge in [-0.3, -0.25) is 4.79 Å². The van der Waals surface area contributed by atoms with E-state index in [1.54, 1.807) is 0 Å². The van der Waals surface area contributed by atoms with E-state index in [1.165, 1.54) is 26.4 Å². The number of carbonyl (C=O) groups is 1. The standard InChI is InChI=1S/C16H15ClF2N2O3/c1-23-14-7-15(24-2)13(6-10(14)17)21-16(22)8-20-12-5-9(18)3-4-11(12)19/h3-7,20H,8H2,1-2H3,(H,21,22). The molecule has 0 spiro atoms. The van der Waals surface area contributed by atoms with Crippen molar-refractivity contribution < 1.29 is 23.0 Å². The van der Waals surface area contributed by atoms with E-state index in [0.717, 1.165) is 18.2 Å². The number of amides is 1. The van der Waals surface area contributed by atoms with E-state index >= 15 is 0 Å². The van der Waals surface area contributed by atoms with E-state index in [9.17, 15) is 13.6 Å². The molecule has 2 aromatic carbocycles. The molecular weight excluding hydrogens is 342 g/mol. The Morgan fingerprint density at radius 2 is 1.79 bits per heavy atom. The third-order valence-corrected chi connectivity index (χ3v) is 3.41. The molecule has 0 saturated carbocycles. The number of methoxy groups -OCH3 is 2. The predicted octanol–water partition coefficient (Wildman–Crippen LogP) is 3.69. The monoisotopic (exact) mass is 356 g/mol. The number of anilines is 2. The van der Waals surface area contributed by atoms with Gasteiger partial charge in [0.1, 0.15) is 23.1 Å². The summed E-state index contributed by atoms with van der Waals surface area (Å²) in [5.41, 5.74) is 0.222. The first kappa shape index (κ1) is 17.8. The molecule has 2 N–H and O–H groups in total. The van der Waals surface area contributed by atoms with Crippen LogP contribution in [0.2, 0.25) is 5.02 Å². The molecule has 0 bridgehead atoms. The molecule has 0 radical (unpaired) electrons. The molecule has 8 heteroatoms. The van der Waals surface area contributed by atoms with Gasteiger partial charge in [0, 0.05) is 6.07 Å². The molecule has 0 heterocycles. The molecule has 5 nitrogen and oxygen atoms in total. The van der Waals surface area contributed by atoms with E-state index in [2.05, 4.69) is 10.6 Å². The number of halogens is 3. The Morgan fingerprint density at radius 1 is 1.08 bits per heavy atom. The molecule has 0 atom stereocenters. The summed E-state index contributed by atoms with van der Waals surface area (Å²) in [5.74, 6) is -1.01. The van der Waals surface area contributed by atoms with Crippen LogP contribution >= 0.6 is 11.6 Å². The zero-order valence-corrected chi connectivity index (χ0v) is 13.7. The van der Waals surface area contributed by atoms with Crippen molar-refractivity contribution >= 4 is 28.9 Å². The van der Waals surface area contributed by atoms with Gasteiger partial charge in [-0.2, -0.15) is 0 Å². The van der Waals surface area contributed by atoms with E-state index in [-0.39, 0.29) is 17.3 Å². The maximum atomic E-state index is 13.5. The van der Waals surface area contributed by atoms with Crippen molar-refractivity contribution in [2.45, 2.75) is 0 Å². The first-order valence-corrected chi connectivity index (χ1v) is 7.22. The van der Waals surface area contributed by atoms with E-state index in [1.807, 2.05) is 0 Å². The molecule has 0 saturated heterocycles. The van der Waals surface area contributed by atoms with Gasteiger partial charge >= 0.3 is 0 Å². The smallest absolute Gasteiger partial charge is 0.243 e. The lowest BCUT2D eigenvalue weighted by Crippen LogP contribution is -2.22. The minimum Gasteiger partial charge on any atom is -0.495 e. The van der Waals surface area contributed by atoms with Gasteiger partial charge in [-0.25, -0.2) is 8.78 Å². The van der Waals surface area contributed by atoms with Crippen LogP contribution in [-0.2, 0) is 4.79 Å². The molecule has 2 rings (SSSR count). The fourth-order valence-electron chi connectivity index (χ4n) is 1.96. The van der Waals surface area contributed by atoms with E-state index < -0.39 is 17.5 Å². The molecule has 24 heavy (non-hydrogen) atoms. The molecular formula is C16H15ClF2N2O3. The molecule has 2 aromatic rings. The third kappa shape index (κ3) is 4.26. The lowest BCUT2D eigenvalue weighted by Gasteiger charge is -2.13. The van der Waals surface area contributed by atoms with Gasteiger partial charge in [-0.05, 0) is 24.3 Å². The second kappa shape index (κ2) is 7.83. The largest absolute Gasteiger partial charge is 0.495 e. The number of ether oxygens (including phenoxy) is 2. The number of benzene rings is 2. The van der Waals surface area contributed by atoms with Crippen LogP contribution in [-0.4, -0.2) is 26.7 Å². The highest BCUT2D eigenvalue weighted by Gasteiger charge is 2.13. The van der Waals surface area contributed by atoms with Crippen molar-refractivity contribution in [3.05, 3.63) is 47.0 Å². The molecule has 0 aromatic heterocycles. The Bertz CT molecular complexity index is 756. The van der Waals surface area contributed by atoms with Crippen LogP contribution < -0.4 is 20.1 Å². The van der Waals surface area contributed by atoms with Crippen LogP contribution in [0.5, 0.6) is 11.5 Å². The minimum absolute atomic E-state index is 0.107. The molecule has 1 amide bonds. The molecule has 128 valence electrons. The fraction of sp³-hybridized carbons (Fsp3) is 0.188. The summed E-state index contributed by atoms with van der Waals surface area (Å²) in [6.45, 7) is -0.271. The molecule has 0 fully saturated rings. The van der Waals surface area contributed by atoms with E-state index in [4.69, 9.17) is 21.1 Å². The van der Waals surface area contributed by atoms with Crippen LogP contribution in [0.3, 0.4) is 0 Å². The van der Waals surface area contributed by atoms with Gasteiger partial charge in [0.05, 0.1) is 37.2 Å². The van der Waals surface area contributed by atoms with Gasteiger partial charge in [-0.15, -0.1) is 0 Å². The normalized spacial score (nSPS) is 10.2. The second-order valence-corrected chi connectivity index (χ2v) is 5.12. The van der Waals surface area contributed by atoms with E-state index in [0.29, 0.717) is 17.2 Å². The topological polar surface area (TPSA) is 59.6 Å². The summed E-state index contributed by atoms with van der Waals surface area (Å²) in [5, 5.41) is 5.39. The summed E-state index contributed by atoms with van der Waals surface area (Å²) in [4.78, 5) is 12.0. The van der Waals surface area contributed by atoms with Crippen molar-refractivity contribution in [1.82, 2.24) is 0 Å². The SMILES string of the molecule is COc1cc(OC)c(NC(=O)CNc2cc(F)ccc2F)cc1Cl. The summed E-state index contributed by atoms with van der Waals surface area (Å²) >= 11 is 6.01. The molecule has 0 unspecified atom stereocenters. The van der Waals surface area contributed by atoms with Crippen molar-refractivity contribution in [2.24, 2.45) is 0 Å². The Labute approximate surface area is 142 Å². The Kier molecular flexibility index (Phi) is 5.81. The molecule has 0 aliphatic heterocycles. The number of hydrogen-bond acceptors (Lipinski definition) is 4. The van der Waals surface area contributed by atoms with Gasteiger partial charge in [0.2, 0.25) is 5.91 Å². The fourth-order valence-corrected chi connectivity index (χ4v) is 2.20. The highest BCUT2D eigenvalue weighted by Crippen LogP contribution is 2.35. The third-order valence-electron chi connectivity index (χ3n) is 3.12. The number of nitrogens with one attached hydrogen (secondary N) is 2. The first-order chi connectivity index (χ1) is 11.4. The van der Waals surface area contributed by atoms with Gasteiger partial charge in [0.25, 0.3) is 0 Å². The summed E-state index contributed by atoms with van der Waals surface area (Å²) in [6.07, 6.45) is 0. The Hall–Kier alpha value is -2.54. The van der Waals surface area contributed by atoms with Gasteiger partial charge in [-0.1, -0.05) is 11.6 Å². The number of rotatable bonds is 6. The van der Waals surface area contributed by atoms with Crippen LogP contribution in [0.1, 0.15) is 0 Å². The Balaban J connectivity index is 2.07. The van der Waals surface area contributed by atoms with Crippen LogP contribution in [0.15, 0.2) is 30.3 Å². The average molecular weight is 357 g/mol. The number of hydrogen-bond donors (Lipinski definition) is 2. The quantitative estimate of drug-likeness (QED) is 0.828. The maximum absolute atomic E-state index is 13.5. The predicted molar refractivity (Wildman–Crippen MR) is 88.0 cm³/mol. The summed E-state index contributed by atoms with van der Waals surface area (Å²) < 4.78 is 36.8. The van der Waals surface area contributed by atoms with Crippen molar-refractivity contribution in [1.29, 1.82) is 0 Å². The first-order valence-electron chi connectivity index (χ1n) is 6.85. The van der Waals surface area contributed by atoms with Crippen LogP contribution in [0.4, 0.5) is 20.2 Å². The van der Waals surface area contributed by atoms with Gasteiger partial charge in [0.15, 0.2) is 0 Å². The molecule has 0 aliphatic carbocycles. The highest BCUT2D eigenvalue weighted by molar-refractivity contribution is 6.32. The van der Waals surface area contributed by atoms with Crippen LogP contribution in [0.25, 0.3) is 0 Å².